The van der Waals surface area contributed by atoms with Crippen molar-refractivity contribution in [2.75, 3.05) is 0 Å². The molecular weight excluding hydrogens is 598 g/mol. The quantitative estimate of drug-likeness (QED) is 0.241. The molecule has 0 amide bonds. The molecule has 5 fully saturated rings. The van der Waals surface area contributed by atoms with Gasteiger partial charge in [0, 0.05) is 5.41 Å². The van der Waals surface area contributed by atoms with Gasteiger partial charge in [-0.2, -0.15) is 0 Å². The third kappa shape index (κ3) is 5.05. The Morgan fingerprint density at radius 1 is 0.854 bits per heavy atom. The van der Waals surface area contributed by atoms with E-state index in [9.17, 15) is 9.59 Å². The van der Waals surface area contributed by atoms with Gasteiger partial charge in [-0.3, -0.25) is 19.6 Å². The lowest BCUT2D eigenvalue weighted by atomic mass is 9.32. The van der Waals surface area contributed by atoms with Crippen molar-refractivity contribution in [1.82, 2.24) is 9.97 Å². The molecule has 1 aromatic heterocycles. The molecule has 0 spiro atoms. The molecule has 1 heterocycles. The summed E-state index contributed by atoms with van der Waals surface area (Å²) in [4.78, 5) is 36.5. The zero-order valence-corrected chi connectivity index (χ0v) is 31.6. The van der Waals surface area contributed by atoms with Crippen molar-refractivity contribution in [1.29, 1.82) is 0 Å². The highest BCUT2D eigenvalue weighted by Crippen LogP contribution is 2.77. The maximum atomic E-state index is 14.5. The average molecular weight is 662 g/mol. The van der Waals surface area contributed by atoms with Gasteiger partial charge in [-0.05, 0) is 145 Å². The fourth-order valence-corrected chi connectivity index (χ4v) is 13.1. The Bertz CT molecular complexity index is 1490. The SMILES string of the molecule is C=C(C)[C@@H]1CC[C@]2(C(=O)OCc3nc(C)c(C)nc3C)CC[C@]3(C)[C@H](CC[C@@H]4[C@@]5(C)CC[C@H](OC(=O)[C@H](C)N)C(C)(C)[C@@H]5CC[C@]43C)[C@@H]12. The second-order valence-corrected chi connectivity index (χ2v) is 18.4. The Labute approximate surface area is 290 Å². The molecule has 5 saturated carbocycles. The maximum Gasteiger partial charge on any atom is 0.322 e. The fourth-order valence-electron chi connectivity index (χ4n) is 13.1. The van der Waals surface area contributed by atoms with Gasteiger partial charge >= 0.3 is 11.9 Å². The predicted molar refractivity (Wildman–Crippen MR) is 189 cm³/mol. The minimum Gasteiger partial charge on any atom is -0.461 e. The Kier molecular flexibility index (Phi) is 8.82. The average Bonchev–Trinajstić information content (AvgIpc) is 3.41. The zero-order chi connectivity index (χ0) is 35.2. The number of esters is 2. The summed E-state index contributed by atoms with van der Waals surface area (Å²) in [5.41, 5.74) is 10.4. The van der Waals surface area contributed by atoms with Crippen molar-refractivity contribution in [3.63, 3.8) is 0 Å². The van der Waals surface area contributed by atoms with Crippen molar-refractivity contribution >= 4 is 11.9 Å². The van der Waals surface area contributed by atoms with Gasteiger partial charge in [0.2, 0.25) is 0 Å². The van der Waals surface area contributed by atoms with Crippen LogP contribution in [0.25, 0.3) is 0 Å². The van der Waals surface area contributed by atoms with Crippen LogP contribution in [-0.4, -0.2) is 34.1 Å². The smallest absolute Gasteiger partial charge is 0.322 e. The van der Waals surface area contributed by atoms with Gasteiger partial charge in [-0.25, -0.2) is 0 Å². The van der Waals surface area contributed by atoms with E-state index >= 15 is 0 Å². The second-order valence-electron chi connectivity index (χ2n) is 18.4. The summed E-state index contributed by atoms with van der Waals surface area (Å²) in [5.74, 6) is 1.80. The first-order valence-electron chi connectivity index (χ1n) is 18.9. The Balaban J connectivity index is 1.29. The molecule has 0 bridgehead atoms. The largest absolute Gasteiger partial charge is 0.461 e. The number of ether oxygens (including phenoxy) is 2. The number of hydrogen-bond acceptors (Lipinski definition) is 7. The highest BCUT2D eigenvalue weighted by molar-refractivity contribution is 5.78. The summed E-state index contributed by atoms with van der Waals surface area (Å²) in [6.45, 7) is 27.0. The van der Waals surface area contributed by atoms with E-state index in [-0.39, 0.29) is 52.2 Å². The fraction of sp³-hybridized carbons (Fsp3) is 0.805. The molecular formula is C41H63N3O4. The van der Waals surface area contributed by atoms with E-state index < -0.39 is 11.5 Å². The van der Waals surface area contributed by atoms with Crippen LogP contribution in [0, 0.1) is 77.4 Å². The number of aromatic nitrogens is 2. The maximum absolute atomic E-state index is 14.5. The minimum absolute atomic E-state index is 0.0258. The molecule has 7 heteroatoms. The standard InChI is InChI=1S/C41H63N3O4/c1-23(2)28-14-19-41(36(46)47-22-30-27(6)43-25(4)26(5)44-30)21-20-39(10)29(34(28)41)12-13-32-38(9)17-16-33(48-35(45)24(3)42)37(7,8)31(38)15-18-40(32,39)11/h24,28-29,31-34H,1,12-22,42H2,2-11H3/t24-,28-,29+,31-,32+,33-,34+,38-,39+,40+,41-/m0/s1. The Morgan fingerprint density at radius 2 is 1.54 bits per heavy atom. The molecule has 0 aliphatic heterocycles. The number of carbonyl (C=O) groups excluding carboxylic acids is 2. The van der Waals surface area contributed by atoms with E-state index in [1.165, 1.54) is 18.4 Å². The lowest BCUT2D eigenvalue weighted by Gasteiger charge is -2.72. The predicted octanol–water partition coefficient (Wildman–Crippen LogP) is 8.36. The van der Waals surface area contributed by atoms with Crippen molar-refractivity contribution in [2.24, 2.45) is 62.4 Å². The van der Waals surface area contributed by atoms with Gasteiger partial charge in [-0.1, -0.05) is 46.8 Å². The molecule has 266 valence electrons. The van der Waals surface area contributed by atoms with Crippen LogP contribution in [0.4, 0.5) is 0 Å². The first kappa shape index (κ1) is 35.5. The van der Waals surface area contributed by atoms with Crippen LogP contribution < -0.4 is 5.73 Å². The van der Waals surface area contributed by atoms with Gasteiger partial charge in [0.15, 0.2) is 0 Å². The van der Waals surface area contributed by atoms with Gasteiger partial charge in [-0.15, -0.1) is 0 Å². The van der Waals surface area contributed by atoms with E-state index in [1.807, 2.05) is 20.8 Å². The van der Waals surface area contributed by atoms with Crippen LogP contribution in [0.2, 0.25) is 0 Å². The summed E-state index contributed by atoms with van der Waals surface area (Å²) in [7, 11) is 0. The zero-order valence-electron chi connectivity index (χ0n) is 31.6. The topological polar surface area (TPSA) is 104 Å². The van der Waals surface area contributed by atoms with E-state index in [2.05, 4.69) is 53.1 Å². The highest BCUT2D eigenvalue weighted by Gasteiger charge is 2.72. The molecule has 2 N–H and O–H groups in total. The van der Waals surface area contributed by atoms with Gasteiger partial charge in [0.05, 0.1) is 28.2 Å². The van der Waals surface area contributed by atoms with Crippen molar-refractivity contribution in [2.45, 2.75) is 152 Å². The molecule has 5 aliphatic carbocycles. The lowest BCUT2D eigenvalue weighted by Crippen LogP contribution is -2.67. The number of aryl methyl sites for hydroxylation is 3. The number of rotatable bonds is 6. The summed E-state index contributed by atoms with van der Waals surface area (Å²) in [5, 5.41) is 0. The third-order valence-corrected chi connectivity index (χ3v) is 16.0. The second kappa shape index (κ2) is 11.9. The van der Waals surface area contributed by atoms with E-state index in [0.717, 1.165) is 74.1 Å². The van der Waals surface area contributed by atoms with Gasteiger partial charge in [0.1, 0.15) is 18.8 Å². The van der Waals surface area contributed by atoms with Crippen molar-refractivity contribution in [3.8, 4) is 0 Å². The molecule has 0 aromatic carbocycles. The van der Waals surface area contributed by atoms with Crippen LogP contribution >= 0.6 is 0 Å². The first-order chi connectivity index (χ1) is 22.3. The molecule has 0 radical (unpaired) electrons. The van der Waals surface area contributed by atoms with Crippen LogP contribution in [0.5, 0.6) is 0 Å². The van der Waals surface area contributed by atoms with E-state index in [0.29, 0.717) is 23.7 Å². The minimum atomic E-state index is -0.599. The first-order valence-corrected chi connectivity index (χ1v) is 18.9. The number of nitrogens with zero attached hydrogens (tertiary/aromatic N) is 2. The summed E-state index contributed by atoms with van der Waals surface area (Å²) in [6.07, 6.45) is 10.4. The molecule has 6 rings (SSSR count). The number of nitrogens with two attached hydrogens (primary N) is 1. The van der Waals surface area contributed by atoms with Crippen LogP contribution in [0.1, 0.15) is 135 Å². The van der Waals surface area contributed by atoms with Crippen molar-refractivity contribution < 1.29 is 19.1 Å². The molecule has 0 unspecified atom stereocenters. The monoisotopic (exact) mass is 661 g/mol. The summed E-state index contributed by atoms with van der Waals surface area (Å²) < 4.78 is 12.4. The molecule has 7 nitrogen and oxygen atoms in total. The van der Waals surface area contributed by atoms with E-state index in [4.69, 9.17) is 20.2 Å². The van der Waals surface area contributed by atoms with E-state index in [1.54, 1.807) is 6.92 Å². The number of hydrogen-bond donors (Lipinski definition) is 1. The summed E-state index contributed by atoms with van der Waals surface area (Å²) in [6, 6.07) is -0.599. The lowest BCUT2D eigenvalue weighted by molar-refractivity contribution is -0.251. The van der Waals surface area contributed by atoms with Gasteiger partial charge < -0.3 is 15.2 Å². The van der Waals surface area contributed by atoms with Crippen LogP contribution in [0.15, 0.2) is 12.2 Å². The third-order valence-electron chi connectivity index (χ3n) is 16.0. The number of allylic oxidation sites excluding steroid dienone is 1. The molecule has 48 heavy (non-hydrogen) atoms. The normalized spacial score (nSPS) is 42.0. The van der Waals surface area contributed by atoms with Crippen molar-refractivity contribution in [3.05, 3.63) is 34.9 Å². The molecule has 11 atom stereocenters. The number of fused-ring (bicyclic) bond motifs is 7. The van der Waals surface area contributed by atoms with Crippen LogP contribution in [-0.2, 0) is 25.7 Å². The Hall–Kier alpha value is -2.28. The Morgan fingerprint density at radius 3 is 2.21 bits per heavy atom. The number of carbonyl (C=O) groups is 2. The molecule has 0 saturated heterocycles. The highest BCUT2D eigenvalue weighted by atomic mass is 16.5. The van der Waals surface area contributed by atoms with Gasteiger partial charge in [0.25, 0.3) is 0 Å². The van der Waals surface area contributed by atoms with Crippen LogP contribution in [0.3, 0.4) is 0 Å². The molecule has 5 aliphatic rings. The summed E-state index contributed by atoms with van der Waals surface area (Å²) >= 11 is 0. The molecule has 1 aromatic rings.